The predicted octanol–water partition coefficient (Wildman–Crippen LogP) is 2.68. The molecule has 0 bridgehead atoms. The Balaban J connectivity index is 2.25. The Morgan fingerprint density at radius 3 is 2.68 bits per heavy atom. The lowest BCUT2D eigenvalue weighted by molar-refractivity contribution is -0.385. The monoisotopic (exact) mass is 265 g/mol. The zero-order chi connectivity index (χ0) is 14.0. The van der Waals surface area contributed by atoms with Gasteiger partial charge < -0.3 is 9.84 Å². The molecule has 1 saturated carbocycles. The number of nitro benzene ring substituents is 1. The van der Waals surface area contributed by atoms with Crippen molar-refractivity contribution in [1.29, 1.82) is 0 Å². The first-order valence-corrected chi connectivity index (χ1v) is 6.08. The molecule has 1 aliphatic rings. The van der Waals surface area contributed by atoms with Crippen molar-refractivity contribution in [1.82, 2.24) is 0 Å². The predicted molar refractivity (Wildman–Crippen MR) is 67.3 cm³/mol. The summed E-state index contributed by atoms with van der Waals surface area (Å²) in [6.07, 6.45) is 2.18. The first kappa shape index (κ1) is 13.3. The molecule has 102 valence electrons. The van der Waals surface area contributed by atoms with Crippen LogP contribution in [0, 0.1) is 17.0 Å². The number of nitrogens with zero attached hydrogens (tertiary/aromatic N) is 1. The van der Waals surface area contributed by atoms with Gasteiger partial charge in [-0.05, 0) is 32.3 Å². The van der Waals surface area contributed by atoms with Gasteiger partial charge in [-0.1, -0.05) is 6.07 Å². The summed E-state index contributed by atoms with van der Waals surface area (Å²) >= 11 is 0. The van der Waals surface area contributed by atoms with E-state index in [2.05, 4.69) is 0 Å². The minimum atomic E-state index is -0.914. The highest BCUT2D eigenvalue weighted by Gasteiger charge is 2.42. The number of carboxylic acid groups (broad SMARTS) is 1. The molecule has 0 atom stereocenters. The normalized spacial score (nSPS) is 16.5. The van der Waals surface area contributed by atoms with Crippen molar-refractivity contribution >= 4 is 11.7 Å². The SMILES string of the molecule is Cc1c(OC2(CC(=O)O)CCC2)cccc1[N+](=O)[O-]. The summed E-state index contributed by atoms with van der Waals surface area (Å²) in [4.78, 5) is 21.3. The Labute approximate surface area is 110 Å². The van der Waals surface area contributed by atoms with E-state index in [4.69, 9.17) is 9.84 Å². The van der Waals surface area contributed by atoms with Gasteiger partial charge in [0.05, 0.1) is 16.9 Å². The summed E-state index contributed by atoms with van der Waals surface area (Å²) in [7, 11) is 0. The van der Waals surface area contributed by atoms with E-state index in [1.54, 1.807) is 19.1 Å². The molecule has 1 N–H and O–H groups in total. The summed E-state index contributed by atoms with van der Waals surface area (Å²) in [5, 5.41) is 19.8. The van der Waals surface area contributed by atoms with Crippen LogP contribution >= 0.6 is 0 Å². The third-order valence-electron chi connectivity index (χ3n) is 3.52. The van der Waals surface area contributed by atoms with Gasteiger partial charge in [0.1, 0.15) is 11.4 Å². The molecule has 1 aromatic rings. The average Bonchev–Trinajstić information content (AvgIpc) is 2.27. The van der Waals surface area contributed by atoms with Gasteiger partial charge in [-0.25, -0.2) is 0 Å². The van der Waals surface area contributed by atoms with Crippen molar-refractivity contribution in [2.75, 3.05) is 0 Å². The van der Waals surface area contributed by atoms with Gasteiger partial charge in [0.15, 0.2) is 0 Å². The highest BCUT2D eigenvalue weighted by molar-refractivity contribution is 5.68. The van der Waals surface area contributed by atoms with Gasteiger partial charge in [0, 0.05) is 6.07 Å². The van der Waals surface area contributed by atoms with E-state index in [0.717, 1.165) is 6.42 Å². The Bertz CT molecular complexity index is 522. The molecular formula is C13H15NO5. The highest BCUT2D eigenvalue weighted by atomic mass is 16.6. The first-order chi connectivity index (χ1) is 8.93. The van der Waals surface area contributed by atoms with E-state index in [1.165, 1.54) is 6.07 Å². The summed E-state index contributed by atoms with van der Waals surface area (Å²) in [6.45, 7) is 1.61. The summed E-state index contributed by atoms with van der Waals surface area (Å²) in [5.41, 5.74) is -0.280. The quantitative estimate of drug-likeness (QED) is 0.653. The largest absolute Gasteiger partial charge is 0.486 e. The second kappa shape index (κ2) is 4.87. The Kier molecular flexibility index (Phi) is 3.42. The molecule has 6 nitrogen and oxygen atoms in total. The first-order valence-electron chi connectivity index (χ1n) is 6.08. The molecule has 0 aromatic heterocycles. The summed E-state index contributed by atoms with van der Waals surface area (Å²) in [5.74, 6) is -0.516. The second-order valence-electron chi connectivity index (χ2n) is 4.87. The third-order valence-corrected chi connectivity index (χ3v) is 3.52. The van der Waals surface area contributed by atoms with Gasteiger partial charge in [0.25, 0.3) is 5.69 Å². The molecule has 1 aromatic carbocycles. The lowest BCUT2D eigenvalue weighted by Gasteiger charge is -2.41. The zero-order valence-corrected chi connectivity index (χ0v) is 10.6. The molecule has 0 unspecified atom stereocenters. The van der Waals surface area contributed by atoms with Crippen LogP contribution in [0.4, 0.5) is 5.69 Å². The molecule has 0 heterocycles. The summed E-state index contributed by atoms with van der Waals surface area (Å²) < 4.78 is 5.79. The fraction of sp³-hybridized carbons (Fsp3) is 0.462. The van der Waals surface area contributed by atoms with Crippen LogP contribution in [0.15, 0.2) is 18.2 Å². The van der Waals surface area contributed by atoms with Crippen LogP contribution in [-0.4, -0.2) is 21.6 Å². The van der Waals surface area contributed by atoms with Crippen molar-refractivity contribution in [3.63, 3.8) is 0 Å². The number of carboxylic acids is 1. The van der Waals surface area contributed by atoms with E-state index in [0.29, 0.717) is 24.2 Å². The molecule has 0 aliphatic heterocycles. The van der Waals surface area contributed by atoms with E-state index < -0.39 is 16.5 Å². The smallest absolute Gasteiger partial charge is 0.307 e. The maximum Gasteiger partial charge on any atom is 0.307 e. The molecule has 19 heavy (non-hydrogen) atoms. The van der Waals surface area contributed by atoms with E-state index in [1.807, 2.05) is 0 Å². The van der Waals surface area contributed by atoms with Crippen molar-refractivity contribution in [2.24, 2.45) is 0 Å². The van der Waals surface area contributed by atoms with E-state index >= 15 is 0 Å². The van der Waals surface area contributed by atoms with E-state index in [-0.39, 0.29) is 12.1 Å². The van der Waals surface area contributed by atoms with Crippen molar-refractivity contribution in [3.8, 4) is 5.75 Å². The van der Waals surface area contributed by atoms with Crippen LogP contribution in [0.5, 0.6) is 5.75 Å². The van der Waals surface area contributed by atoms with Gasteiger partial charge in [0.2, 0.25) is 0 Å². The topological polar surface area (TPSA) is 89.7 Å². The van der Waals surface area contributed by atoms with Gasteiger partial charge >= 0.3 is 5.97 Å². The molecular weight excluding hydrogens is 250 g/mol. The maximum absolute atomic E-state index is 10.9. The fourth-order valence-corrected chi connectivity index (χ4v) is 2.31. The van der Waals surface area contributed by atoms with Crippen LogP contribution in [0.25, 0.3) is 0 Å². The lowest BCUT2D eigenvalue weighted by Crippen LogP contribution is -2.45. The molecule has 0 radical (unpaired) electrons. The Hall–Kier alpha value is -2.11. The number of rotatable bonds is 5. The molecule has 0 saturated heterocycles. The number of ether oxygens (including phenoxy) is 1. The second-order valence-corrected chi connectivity index (χ2v) is 4.87. The summed E-state index contributed by atoms with van der Waals surface area (Å²) in [6, 6.07) is 4.60. The molecule has 2 rings (SSSR count). The molecule has 1 aliphatic carbocycles. The fourth-order valence-electron chi connectivity index (χ4n) is 2.31. The van der Waals surface area contributed by atoms with Crippen LogP contribution < -0.4 is 4.74 Å². The van der Waals surface area contributed by atoms with Gasteiger partial charge in [-0.3, -0.25) is 14.9 Å². The standard InChI is InChI=1S/C13H15NO5/c1-9-10(14(17)18)4-2-5-11(9)19-13(6-3-7-13)8-12(15)16/h2,4-5H,3,6-8H2,1H3,(H,15,16). The van der Waals surface area contributed by atoms with Gasteiger partial charge in [-0.2, -0.15) is 0 Å². The minimum absolute atomic E-state index is 0.0118. The number of hydrogen-bond acceptors (Lipinski definition) is 4. The van der Waals surface area contributed by atoms with Gasteiger partial charge in [-0.15, -0.1) is 0 Å². The number of carbonyl (C=O) groups is 1. The molecule has 6 heteroatoms. The van der Waals surface area contributed by atoms with E-state index in [9.17, 15) is 14.9 Å². The Morgan fingerprint density at radius 2 is 2.21 bits per heavy atom. The number of aliphatic carboxylic acids is 1. The zero-order valence-electron chi connectivity index (χ0n) is 10.6. The van der Waals surface area contributed by atoms with Crippen LogP contribution in [0.2, 0.25) is 0 Å². The third kappa shape index (κ3) is 2.67. The van der Waals surface area contributed by atoms with Crippen LogP contribution in [-0.2, 0) is 4.79 Å². The molecule has 1 fully saturated rings. The molecule has 0 amide bonds. The van der Waals surface area contributed by atoms with Crippen LogP contribution in [0.1, 0.15) is 31.2 Å². The van der Waals surface area contributed by atoms with Crippen molar-refractivity contribution in [3.05, 3.63) is 33.9 Å². The minimum Gasteiger partial charge on any atom is -0.486 e. The van der Waals surface area contributed by atoms with Crippen molar-refractivity contribution < 1.29 is 19.6 Å². The number of hydrogen-bond donors (Lipinski definition) is 1. The molecule has 0 spiro atoms. The average molecular weight is 265 g/mol. The maximum atomic E-state index is 10.9. The number of nitro groups is 1. The van der Waals surface area contributed by atoms with Crippen LogP contribution in [0.3, 0.4) is 0 Å². The lowest BCUT2D eigenvalue weighted by atomic mass is 9.77. The highest BCUT2D eigenvalue weighted by Crippen LogP contribution is 2.41. The van der Waals surface area contributed by atoms with Crippen molar-refractivity contribution in [2.45, 2.75) is 38.2 Å². The Morgan fingerprint density at radius 1 is 1.53 bits per heavy atom. The number of benzene rings is 1.